The fourth-order valence-corrected chi connectivity index (χ4v) is 5.07. The highest BCUT2D eigenvalue weighted by Gasteiger charge is 2.18. The van der Waals surface area contributed by atoms with E-state index in [2.05, 4.69) is 9.71 Å². The summed E-state index contributed by atoms with van der Waals surface area (Å²) in [5, 5.41) is 0.980. The molecule has 0 fully saturated rings. The van der Waals surface area contributed by atoms with E-state index in [9.17, 15) is 4.21 Å². The number of benzene rings is 3. The Morgan fingerprint density at radius 2 is 1.69 bits per heavy atom. The zero-order valence-corrected chi connectivity index (χ0v) is 21.6. The Balaban J connectivity index is 1.60. The van der Waals surface area contributed by atoms with Crippen molar-refractivity contribution >= 4 is 39.2 Å². The molecule has 0 aliphatic heterocycles. The van der Waals surface area contributed by atoms with Crippen molar-refractivity contribution in [3.05, 3.63) is 71.1 Å². The number of ether oxygens (including phenoxy) is 4. The number of halogens is 2. The van der Waals surface area contributed by atoms with Crippen LogP contribution < -0.4 is 23.7 Å². The van der Waals surface area contributed by atoms with Gasteiger partial charge in [-0.2, -0.15) is 0 Å². The molecule has 0 bridgehead atoms. The first-order chi connectivity index (χ1) is 17.4. The number of hydrogen-bond acceptors (Lipinski definition) is 6. The molecule has 1 aromatic heterocycles. The number of anilines is 1. The number of hydrogen-bond donors (Lipinski definition) is 1. The summed E-state index contributed by atoms with van der Waals surface area (Å²) in [6, 6.07) is 12.8. The molecule has 1 atom stereocenters. The molecule has 10 heteroatoms. The molecule has 4 rings (SSSR count). The Morgan fingerprint density at radius 3 is 2.36 bits per heavy atom. The molecule has 1 heterocycles. The summed E-state index contributed by atoms with van der Waals surface area (Å²) in [6.07, 6.45) is 2.26. The summed E-state index contributed by atoms with van der Waals surface area (Å²) in [5.41, 5.74) is 1.80. The first kappa shape index (κ1) is 25.5. The second kappa shape index (κ2) is 11.0. The average molecular weight is 531 g/mol. The van der Waals surface area contributed by atoms with Gasteiger partial charge in [-0.05, 0) is 48.4 Å². The molecule has 0 spiro atoms. The van der Waals surface area contributed by atoms with Crippen molar-refractivity contribution in [1.29, 1.82) is 0 Å². The van der Waals surface area contributed by atoms with Crippen LogP contribution in [-0.2, 0) is 17.4 Å². The molecule has 0 aliphatic carbocycles. The van der Waals surface area contributed by atoms with Gasteiger partial charge in [-0.3, -0.25) is 4.98 Å². The van der Waals surface area contributed by atoms with Crippen molar-refractivity contribution in [2.24, 2.45) is 0 Å². The van der Waals surface area contributed by atoms with E-state index in [0.29, 0.717) is 55.9 Å². The lowest BCUT2D eigenvalue weighted by Crippen LogP contribution is -2.08. The van der Waals surface area contributed by atoms with Gasteiger partial charge in [0.25, 0.3) is 0 Å². The van der Waals surface area contributed by atoms with E-state index in [1.165, 1.54) is 33.5 Å². The maximum Gasteiger partial charge on any atom is 0.167 e. The second-order valence-electron chi connectivity index (χ2n) is 7.61. The lowest BCUT2D eigenvalue weighted by Gasteiger charge is -2.14. The Bertz CT molecular complexity index is 1450. The van der Waals surface area contributed by atoms with E-state index in [1.54, 1.807) is 42.6 Å². The SMILES string of the molecule is CCc1cc(Cl)c(OC)c(S(=O)Nc2ccc(Oc3ccnc4cc(OC)c(OC)cc34)c(F)c2)c1. The van der Waals surface area contributed by atoms with Crippen LogP contribution in [0.3, 0.4) is 0 Å². The number of pyridine rings is 1. The minimum Gasteiger partial charge on any atom is -0.494 e. The van der Waals surface area contributed by atoms with Gasteiger partial charge in [0, 0.05) is 29.4 Å². The van der Waals surface area contributed by atoms with Gasteiger partial charge in [0.15, 0.2) is 39.8 Å². The summed E-state index contributed by atoms with van der Waals surface area (Å²) < 4.78 is 52.7. The van der Waals surface area contributed by atoms with Gasteiger partial charge >= 0.3 is 0 Å². The third kappa shape index (κ3) is 5.17. The van der Waals surface area contributed by atoms with E-state index < -0.39 is 16.8 Å². The molecule has 0 saturated heterocycles. The van der Waals surface area contributed by atoms with Crippen molar-refractivity contribution in [3.8, 4) is 28.7 Å². The minimum atomic E-state index is -1.75. The maximum absolute atomic E-state index is 15.0. The summed E-state index contributed by atoms with van der Waals surface area (Å²) >= 11 is 6.28. The first-order valence-electron chi connectivity index (χ1n) is 10.9. The number of aryl methyl sites for hydroxylation is 1. The Labute approximate surface area is 215 Å². The van der Waals surface area contributed by atoms with Crippen LogP contribution in [0, 0.1) is 5.82 Å². The number of fused-ring (bicyclic) bond motifs is 1. The molecule has 36 heavy (non-hydrogen) atoms. The molecule has 1 N–H and O–H groups in total. The number of aromatic nitrogens is 1. The molecule has 188 valence electrons. The largest absolute Gasteiger partial charge is 0.494 e. The van der Waals surface area contributed by atoms with Crippen molar-refractivity contribution in [2.75, 3.05) is 26.1 Å². The van der Waals surface area contributed by atoms with Crippen molar-refractivity contribution in [2.45, 2.75) is 18.2 Å². The number of nitrogens with one attached hydrogen (secondary N) is 1. The summed E-state index contributed by atoms with van der Waals surface area (Å²) in [4.78, 5) is 4.70. The second-order valence-corrected chi connectivity index (χ2v) is 9.20. The molecule has 1 unspecified atom stereocenters. The zero-order valence-electron chi connectivity index (χ0n) is 20.1. The van der Waals surface area contributed by atoms with Crippen LogP contribution in [0.2, 0.25) is 5.02 Å². The van der Waals surface area contributed by atoms with Gasteiger partial charge in [0.1, 0.15) is 10.6 Å². The molecule has 3 aromatic carbocycles. The molecule has 0 amide bonds. The molecule has 0 radical (unpaired) electrons. The standard InChI is InChI=1S/C26H24ClFN2O5S/c1-5-15-10-18(27)26(34-4)25(11-15)36(31)30-16-6-7-22(19(28)12-16)35-21-8-9-29-20-14-24(33-3)23(32-2)13-17(20)21/h6-14,30H,5H2,1-4H3. The quantitative estimate of drug-likeness (QED) is 0.264. The predicted octanol–water partition coefficient (Wildman–Crippen LogP) is 6.54. The van der Waals surface area contributed by atoms with E-state index in [-0.39, 0.29) is 5.75 Å². The number of nitrogens with zero attached hydrogens (tertiary/aromatic N) is 1. The lowest BCUT2D eigenvalue weighted by atomic mass is 10.2. The third-order valence-corrected chi connectivity index (χ3v) is 6.86. The fourth-order valence-electron chi connectivity index (χ4n) is 3.63. The van der Waals surface area contributed by atoms with Crippen LogP contribution in [0.4, 0.5) is 10.1 Å². The molecule has 0 aliphatic rings. The van der Waals surface area contributed by atoms with E-state index in [0.717, 1.165) is 5.56 Å². The highest BCUT2D eigenvalue weighted by Crippen LogP contribution is 2.38. The topological polar surface area (TPSA) is 78.9 Å². The predicted molar refractivity (Wildman–Crippen MR) is 139 cm³/mol. The van der Waals surface area contributed by atoms with Gasteiger partial charge < -0.3 is 23.7 Å². The van der Waals surface area contributed by atoms with Crippen molar-refractivity contribution in [1.82, 2.24) is 4.98 Å². The van der Waals surface area contributed by atoms with Gasteiger partial charge in [0.05, 0.1) is 31.9 Å². The summed E-state index contributed by atoms with van der Waals surface area (Å²) in [5.74, 6) is 1.05. The van der Waals surface area contributed by atoms with E-state index in [1.807, 2.05) is 6.92 Å². The molecule has 0 saturated carbocycles. The molecular formula is C26H24ClFN2O5S. The van der Waals surface area contributed by atoms with E-state index >= 15 is 4.39 Å². The Kier molecular flexibility index (Phi) is 7.81. The maximum atomic E-state index is 15.0. The van der Waals surface area contributed by atoms with Crippen LogP contribution in [0.25, 0.3) is 10.9 Å². The number of rotatable bonds is 9. The Morgan fingerprint density at radius 1 is 0.944 bits per heavy atom. The van der Waals surface area contributed by atoms with Gasteiger partial charge in [-0.1, -0.05) is 18.5 Å². The zero-order chi connectivity index (χ0) is 25.8. The Hall–Kier alpha value is -3.56. The van der Waals surface area contributed by atoms with E-state index in [4.69, 9.17) is 30.5 Å². The normalized spacial score (nSPS) is 11.7. The van der Waals surface area contributed by atoms with Crippen LogP contribution in [0.1, 0.15) is 12.5 Å². The molecule has 4 aromatic rings. The summed E-state index contributed by atoms with van der Waals surface area (Å²) in [7, 11) is 2.77. The van der Waals surface area contributed by atoms with Crippen LogP contribution in [0.15, 0.2) is 59.6 Å². The van der Waals surface area contributed by atoms with Gasteiger partial charge in [0.2, 0.25) is 0 Å². The van der Waals surface area contributed by atoms with Crippen LogP contribution in [-0.4, -0.2) is 30.5 Å². The van der Waals surface area contributed by atoms with Gasteiger partial charge in [-0.25, -0.2) is 8.60 Å². The highest BCUT2D eigenvalue weighted by molar-refractivity contribution is 7.86. The highest BCUT2D eigenvalue weighted by atomic mass is 35.5. The fraction of sp³-hybridized carbons (Fsp3) is 0.192. The van der Waals surface area contributed by atoms with Crippen LogP contribution >= 0.6 is 11.6 Å². The third-order valence-electron chi connectivity index (χ3n) is 5.45. The monoisotopic (exact) mass is 530 g/mol. The first-order valence-corrected chi connectivity index (χ1v) is 12.4. The smallest absolute Gasteiger partial charge is 0.167 e. The van der Waals surface area contributed by atoms with Crippen molar-refractivity contribution < 1.29 is 27.5 Å². The van der Waals surface area contributed by atoms with Crippen molar-refractivity contribution in [3.63, 3.8) is 0 Å². The molecule has 7 nitrogen and oxygen atoms in total. The minimum absolute atomic E-state index is 0.0118. The molecular weight excluding hydrogens is 507 g/mol. The number of methoxy groups -OCH3 is 3. The van der Waals surface area contributed by atoms with Crippen LogP contribution in [0.5, 0.6) is 28.7 Å². The average Bonchev–Trinajstić information content (AvgIpc) is 2.88. The summed E-state index contributed by atoms with van der Waals surface area (Å²) in [6.45, 7) is 1.96. The lowest BCUT2D eigenvalue weighted by molar-refractivity contribution is 0.355. The van der Waals surface area contributed by atoms with Gasteiger partial charge in [-0.15, -0.1) is 0 Å².